The summed E-state index contributed by atoms with van der Waals surface area (Å²) in [7, 11) is 0. The number of aromatic nitrogens is 1. The molecule has 0 aliphatic rings. The van der Waals surface area contributed by atoms with Crippen molar-refractivity contribution in [2.45, 2.75) is 31.0 Å². The molecule has 0 fully saturated rings. The molecule has 1 N–H and O–H groups in total. The van der Waals surface area contributed by atoms with Crippen molar-refractivity contribution in [2.24, 2.45) is 0 Å². The summed E-state index contributed by atoms with van der Waals surface area (Å²) in [5, 5.41) is 14.6. The second-order valence-corrected chi connectivity index (χ2v) is 5.04. The van der Waals surface area contributed by atoms with Crippen molar-refractivity contribution in [3.63, 3.8) is 0 Å². The molecule has 0 unspecified atom stereocenters. The molecule has 88 valence electrons. The van der Waals surface area contributed by atoms with E-state index in [2.05, 4.69) is 10.3 Å². The number of thioether (sulfide) groups is 1. The molecule has 0 saturated heterocycles. The van der Waals surface area contributed by atoms with Gasteiger partial charge in [0.05, 0.1) is 4.92 Å². The molecule has 0 aliphatic heterocycles. The predicted molar refractivity (Wildman–Crippen MR) is 66.0 cm³/mol. The molecule has 0 aliphatic carbocycles. The van der Waals surface area contributed by atoms with Crippen LogP contribution in [0.1, 0.15) is 20.8 Å². The summed E-state index contributed by atoms with van der Waals surface area (Å²) in [5.74, 6) is 0.677. The van der Waals surface area contributed by atoms with Crippen LogP contribution in [0.5, 0.6) is 0 Å². The molecular weight excluding hydrogens is 226 g/mol. The fraction of sp³-hybridized carbons (Fsp3) is 0.500. The zero-order valence-electron chi connectivity index (χ0n) is 9.56. The predicted octanol–water partition coefficient (Wildman–Crippen LogP) is 2.92. The second-order valence-electron chi connectivity index (χ2n) is 3.47. The molecule has 5 nitrogen and oxygen atoms in total. The highest BCUT2D eigenvalue weighted by atomic mass is 32.2. The van der Waals surface area contributed by atoms with Gasteiger partial charge in [-0.15, -0.1) is 0 Å². The molecule has 0 bridgehead atoms. The fourth-order valence-electron chi connectivity index (χ4n) is 1.16. The van der Waals surface area contributed by atoms with E-state index >= 15 is 0 Å². The largest absolute Gasteiger partial charge is 0.370 e. The zero-order chi connectivity index (χ0) is 12.1. The number of hydrogen-bond acceptors (Lipinski definition) is 5. The van der Waals surface area contributed by atoms with Gasteiger partial charge in [0, 0.05) is 17.9 Å². The summed E-state index contributed by atoms with van der Waals surface area (Å²) in [6.07, 6.45) is 0. The van der Waals surface area contributed by atoms with Gasteiger partial charge in [0.1, 0.15) is 5.82 Å². The van der Waals surface area contributed by atoms with Crippen LogP contribution in [0.2, 0.25) is 0 Å². The van der Waals surface area contributed by atoms with Crippen LogP contribution in [0.25, 0.3) is 0 Å². The molecule has 0 amide bonds. The number of nitrogens with zero attached hydrogens (tertiary/aromatic N) is 2. The molecule has 0 saturated carbocycles. The van der Waals surface area contributed by atoms with Crippen molar-refractivity contribution < 1.29 is 4.92 Å². The molecule has 1 rings (SSSR count). The maximum atomic E-state index is 10.8. The Labute approximate surface area is 98.8 Å². The highest BCUT2D eigenvalue weighted by Crippen LogP contribution is 2.31. The summed E-state index contributed by atoms with van der Waals surface area (Å²) in [6.45, 7) is 6.67. The molecule has 1 aromatic heterocycles. The van der Waals surface area contributed by atoms with Gasteiger partial charge in [-0.25, -0.2) is 4.98 Å². The molecule has 0 radical (unpaired) electrons. The summed E-state index contributed by atoms with van der Waals surface area (Å²) in [5.41, 5.74) is 0.0698. The molecule has 0 aromatic carbocycles. The first kappa shape index (κ1) is 12.8. The molecule has 1 aromatic rings. The van der Waals surface area contributed by atoms with Gasteiger partial charge >= 0.3 is 5.69 Å². The van der Waals surface area contributed by atoms with Crippen LogP contribution in [-0.2, 0) is 0 Å². The lowest BCUT2D eigenvalue weighted by Crippen LogP contribution is -2.02. The van der Waals surface area contributed by atoms with E-state index in [1.807, 2.05) is 20.8 Å². The molecule has 1 heterocycles. The number of nitrogens with one attached hydrogen (secondary N) is 1. The fourth-order valence-corrected chi connectivity index (χ4v) is 2.02. The van der Waals surface area contributed by atoms with E-state index in [1.54, 1.807) is 6.07 Å². The minimum absolute atomic E-state index is 0.0698. The number of nitro groups is 1. The van der Waals surface area contributed by atoms with Crippen LogP contribution in [0.15, 0.2) is 17.2 Å². The highest BCUT2D eigenvalue weighted by Gasteiger charge is 2.17. The average molecular weight is 241 g/mol. The van der Waals surface area contributed by atoms with Gasteiger partial charge in [-0.3, -0.25) is 10.1 Å². The third-order valence-corrected chi connectivity index (χ3v) is 2.74. The van der Waals surface area contributed by atoms with Gasteiger partial charge in [-0.2, -0.15) is 0 Å². The van der Waals surface area contributed by atoms with Crippen LogP contribution in [0.3, 0.4) is 0 Å². The van der Waals surface area contributed by atoms with Gasteiger partial charge in [0.2, 0.25) is 0 Å². The van der Waals surface area contributed by atoms with Crippen LogP contribution < -0.4 is 5.32 Å². The summed E-state index contributed by atoms with van der Waals surface area (Å²) in [6, 6.07) is 3.13. The van der Waals surface area contributed by atoms with E-state index in [4.69, 9.17) is 0 Å². The van der Waals surface area contributed by atoms with E-state index in [0.717, 1.165) is 6.54 Å². The Balaban J connectivity index is 3.05. The number of anilines is 1. The molecule has 6 heteroatoms. The van der Waals surface area contributed by atoms with Gasteiger partial charge in [0.15, 0.2) is 5.03 Å². The van der Waals surface area contributed by atoms with Crippen molar-refractivity contribution >= 4 is 23.3 Å². The maximum Gasteiger partial charge on any atom is 0.301 e. The van der Waals surface area contributed by atoms with Crippen LogP contribution in [0, 0.1) is 10.1 Å². The Bertz CT molecular complexity index is 382. The van der Waals surface area contributed by atoms with E-state index in [-0.39, 0.29) is 10.9 Å². The SMILES string of the molecule is CCNc1ccc([N+](=O)[O-])c(SC(C)C)n1. The van der Waals surface area contributed by atoms with Crippen molar-refractivity contribution in [3.8, 4) is 0 Å². The Kier molecular flexibility index (Phi) is 4.54. The third-order valence-electron chi connectivity index (χ3n) is 1.74. The van der Waals surface area contributed by atoms with Gasteiger partial charge in [-0.05, 0) is 13.0 Å². The molecule has 0 spiro atoms. The lowest BCUT2D eigenvalue weighted by Gasteiger charge is -2.07. The lowest BCUT2D eigenvalue weighted by molar-refractivity contribution is -0.388. The normalized spacial score (nSPS) is 10.5. The Morgan fingerprint density at radius 3 is 2.75 bits per heavy atom. The first-order chi connectivity index (χ1) is 7.54. The average Bonchev–Trinajstić information content (AvgIpc) is 2.16. The van der Waals surface area contributed by atoms with Crippen molar-refractivity contribution in [1.29, 1.82) is 0 Å². The summed E-state index contributed by atoms with van der Waals surface area (Å²) < 4.78 is 0. The van der Waals surface area contributed by atoms with E-state index in [9.17, 15) is 10.1 Å². The second kappa shape index (κ2) is 5.69. The zero-order valence-corrected chi connectivity index (χ0v) is 10.4. The van der Waals surface area contributed by atoms with Crippen LogP contribution >= 0.6 is 11.8 Å². The smallest absolute Gasteiger partial charge is 0.301 e. The molecular formula is C10H15N3O2S. The monoisotopic (exact) mass is 241 g/mol. The summed E-state index contributed by atoms with van der Waals surface area (Å²) in [4.78, 5) is 14.6. The standard InChI is InChI=1S/C10H15N3O2S/c1-4-11-9-6-5-8(13(14)15)10(12-9)16-7(2)3/h5-7H,4H2,1-3H3,(H,11,12). The quantitative estimate of drug-likeness (QED) is 0.487. The number of pyridine rings is 1. The maximum absolute atomic E-state index is 10.8. The molecule has 0 atom stereocenters. The highest BCUT2D eigenvalue weighted by molar-refractivity contribution is 7.99. The van der Waals surface area contributed by atoms with E-state index in [1.165, 1.54) is 17.8 Å². The first-order valence-electron chi connectivity index (χ1n) is 5.10. The van der Waals surface area contributed by atoms with Crippen LogP contribution in [0.4, 0.5) is 11.5 Å². The first-order valence-corrected chi connectivity index (χ1v) is 5.98. The van der Waals surface area contributed by atoms with E-state index < -0.39 is 4.92 Å². The van der Waals surface area contributed by atoms with Crippen molar-refractivity contribution in [3.05, 3.63) is 22.2 Å². The van der Waals surface area contributed by atoms with Crippen LogP contribution in [-0.4, -0.2) is 21.7 Å². The topological polar surface area (TPSA) is 68.1 Å². The Hall–Kier alpha value is -1.30. The Morgan fingerprint density at radius 1 is 1.56 bits per heavy atom. The minimum atomic E-state index is -0.395. The third kappa shape index (κ3) is 3.37. The van der Waals surface area contributed by atoms with E-state index in [0.29, 0.717) is 10.8 Å². The van der Waals surface area contributed by atoms with Gasteiger partial charge < -0.3 is 5.32 Å². The minimum Gasteiger partial charge on any atom is -0.370 e. The lowest BCUT2D eigenvalue weighted by atomic mass is 10.4. The van der Waals surface area contributed by atoms with Gasteiger partial charge in [0.25, 0.3) is 0 Å². The van der Waals surface area contributed by atoms with Gasteiger partial charge in [-0.1, -0.05) is 25.6 Å². The molecule has 16 heavy (non-hydrogen) atoms. The number of rotatable bonds is 5. The summed E-state index contributed by atoms with van der Waals surface area (Å²) >= 11 is 1.40. The Morgan fingerprint density at radius 2 is 2.25 bits per heavy atom. The van der Waals surface area contributed by atoms with Crippen molar-refractivity contribution in [2.75, 3.05) is 11.9 Å². The van der Waals surface area contributed by atoms with Crippen molar-refractivity contribution in [1.82, 2.24) is 4.98 Å². The number of hydrogen-bond donors (Lipinski definition) is 1.